The number of rotatable bonds is 20. The fourth-order valence-electron chi connectivity index (χ4n) is 9.12. The number of hydrogen-bond donors (Lipinski definition) is 8. The van der Waals surface area contributed by atoms with Crippen LogP contribution in [0.3, 0.4) is 0 Å². The van der Waals surface area contributed by atoms with E-state index in [-0.39, 0.29) is 73.5 Å². The van der Waals surface area contributed by atoms with Gasteiger partial charge in [-0.25, -0.2) is 8.78 Å². The van der Waals surface area contributed by atoms with Crippen molar-refractivity contribution in [2.75, 3.05) is 95.7 Å². The van der Waals surface area contributed by atoms with Crippen LogP contribution < -0.4 is 31.9 Å². The van der Waals surface area contributed by atoms with E-state index < -0.39 is 61.1 Å². The predicted molar refractivity (Wildman–Crippen MR) is 268 cm³/mol. The number of anilines is 2. The largest absolute Gasteiger partial charge is 0.480 e. The highest BCUT2D eigenvalue weighted by Gasteiger charge is 2.47. The molecule has 1 aromatic heterocycles. The molecule has 0 unspecified atom stereocenters. The van der Waals surface area contributed by atoms with Crippen molar-refractivity contribution in [3.05, 3.63) is 65.9 Å². The van der Waals surface area contributed by atoms with E-state index in [2.05, 4.69) is 41.8 Å². The van der Waals surface area contributed by atoms with Crippen LogP contribution in [0.25, 0.3) is 10.9 Å². The molecule has 1 aliphatic carbocycles. The van der Waals surface area contributed by atoms with E-state index in [4.69, 9.17) is 12.2 Å². The molecule has 8 N–H and O–H groups in total. The number of pyridine rings is 1. The maximum absolute atomic E-state index is 13.8. The minimum atomic E-state index is -3.19. The number of amides is 5. The molecule has 21 nitrogen and oxygen atoms in total. The standard InChI is InChI=1S/C49H62F2N12O9S/c50-49(51)24-36(25-52)63(31-49)42(66)27-56-47(72)38-14-15-54-45-37(38)2-1-3-39(45)59-41(65)13-12-40(64)53-16-17-55-46(71)34-8-4-32(5-9-34)26-57-48(73)58-35-10-6-33(7-11-35)28-60-18-20-61(29-43(67)68)22-23-62(21-19-60)30-44(69)70/h1-3,6-7,10-11,14-15,32,34,36H,4-5,8-9,12-13,16-24,26-31H2,(H,53,64)(H,55,71)(H,56,72)(H,59,65)(H,67,68)(H,69,70)(H2,57,58,73)/t32?,34?,36-/m0/s1. The summed E-state index contributed by atoms with van der Waals surface area (Å²) in [4.78, 5) is 97.8. The second-order valence-corrected chi connectivity index (χ2v) is 18.9. The Morgan fingerprint density at radius 1 is 0.767 bits per heavy atom. The number of aromatic nitrogens is 1. The first-order valence-electron chi connectivity index (χ1n) is 24.3. The summed E-state index contributed by atoms with van der Waals surface area (Å²) in [5, 5.41) is 46.0. The molecule has 392 valence electrons. The smallest absolute Gasteiger partial charge is 0.317 e. The molecule has 73 heavy (non-hydrogen) atoms. The Labute approximate surface area is 426 Å². The molecule has 3 aromatic rings. The van der Waals surface area contributed by atoms with Crippen LogP contribution in [-0.4, -0.2) is 178 Å². The van der Waals surface area contributed by atoms with Crippen molar-refractivity contribution in [3.63, 3.8) is 0 Å². The Balaban J connectivity index is 0.833. The molecule has 0 spiro atoms. The summed E-state index contributed by atoms with van der Waals surface area (Å²) in [5.41, 5.74) is 2.52. The molecule has 5 amide bonds. The summed E-state index contributed by atoms with van der Waals surface area (Å²) in [5.74, 6) is -7.31. The lowest BCUT2D eigenvalue weighted by molar-refractivity contribution is -0.140. The Morgan fingerprint density at radius 3 is 2.04 bits per heavy atom. The number of nitrogens with zero attached hydrogens (tertiary/aromatic N) is 6. The summed E-state index contributed by atoms with van der Waals surface area (Å²) in [6.07, 6.45) is 3.37. The van der Waals surface area contributed by atoms with E-state index in [1.54, 1.807) is 24.3 Å². The average Bonchev–Trinajstić information content (AvgIpc) is 3.73. The van der Waals surface area contributed by atoms with Crippen molar-refractivity contribution < 1.29 is 52.6 Å². The first kappa shape index (κ1) is 55.4. The minimum Gasteiger partial charge on any atom is -0.480 e. The number of carboxylic acids is 2. The van der Waals surface area contributed by atoms with Crippen LogP contribution in [-0.2, 0) is 35.3 Å². The third kappa shape index (κ3) is 17.4. The van der Waals surface area contributed by atoms with Gasteiger partial charge < -0.3 is 47.0 Å². The molecule has 2 saturated heterocycles. The zero-order valence-corrected chi connectivity index (χ0v) is 41.2. The fourth-order valence-corrected chi connectivity index (χ4v) is 9.32. The fraction of sp³-hybridized carbons (Fsp3) is 0.510. The molecule has 3 aliphatic rings. The van der Waals surface area contributed by atoms with E-state index in [1.807, 2.05) is 34.1 Å². The Hall–Kier alpha value is -6.94. The maximum atomic E-state index is 13.8. The van der Waals surface area contributed by atoms with E-state index >= 15 is 0 Å². The number of likely N-dealkylation sites (tertiary alicyclic amines) is 1. The van der Waals surface area contributed by atoms with Crippen molar-refractivity contribution in [1.29, 1.82) is 5.26 Å². The highest BCUT2D eigenvalue weighted by molar-refractivity contribution is 7.80. The highest BCUT2D eigenvalue weighted by atomic mass is 32.1. The number of para-hydroxylation sites is 1. The molecule has 0 radical (unpaired) electrons. The van der Waals surface area contributed by atoms with Gasteiger partial charge in [-0.1, -0.05) is 24.3 Å². The predicted octanol–water partition coefficient (Wildman–Crippen LogP) is 2.06. The Morgan fingerprint density at radius 2 is 1.40 bits per heavy atom. The summed E-state index contributed by atoms with van der Waals surface area (Å²) in [6.45, 7) is 3.33. The zero-order valence-electron chi connectivity index (χ0n) is 40.4. The number of hydrogen-bond acceptors (Lipinski definition) is 13. The first-order chi connectivity index (χ1) is 34.9. The average molecular weight is 1030 g/mol. The number of nitriles is 1. The van der Waals surface area contributed by atoms with Gasteiger partial charge in [0.1, 0.15) is 6.04 Å². The number of halogens is 2. The number of carbonyl (C=O) groups is 7. The van der Waals surface area contributed by atoms with E-state index in [9.17, 15) is 57.8 Å². The molecule has 2 aromatic carbocycles. The lowest BCUT2D eigenvalue weighted by Crippen LogP contribution is -2.43. The molecule has 1 saturated carbocycles. The number of carboxylic acid groups (broad SMARTS) is 2. The maximum Gasteiger partial charge on any atom is 0.317 e. The van der Waals surface area contributed by atoms with Gasteiger partial charge in [-0.2, -0.15) is 5.26 Å². The minimum absolute atomic E-state index is 0.0798. The molecular formula is C49H62F2N12O9S. The number of alkyl halides is 2. The first-order valence-corrected chi connectivity index (χ1v) is 24.7. The number of aliphatic carboxylic acids is 2. The van der Waals surface area contributed by atoms with Gasteiger partial charge in [0, 0.05) is 108 Å². The van der Waals surface area contributed by atoms with Crippen molar-refractivity contribution >= 4 is 81.1 Å². The number of nitrogens with one attached hydrogen (secondary N) is 6. The molecule has 0 bridgehead atoms. The second kappa shape index (κ2) is 26.7. The summed E-state index contributed by atoms with van der Waals surface area (Å²) in [6, 6.07) is 14.4. The normalized spacial score (nSPS) is 19.5. The molecule has 3 heterocycles. The number of fused-ring (bicyclic) bond motifs is 1. The number of thiocarbonyl (C=S) groups is 1. The van der Waals surface area contributed by atoms with E-state index in [0.29, 0.717) is 81.6 Å². The zero-order chi connectivity index (χ0) is 52.5. The third-order valence-corrected chi connectivity index (χ3v) is 13.3. The van der Waals surface area contributed by atoms with Crippen molar-refractivity contribution in [2.45, 2.75) is 63.5 Å². The van der Waals surface area contributed by atoms with Crippen LogP contribution in [0.2, 0.25) is 0 Å². The lowest BCUT2D eigenvalue weighted by Gasteiger charge is -2.28. The van der Waals surface area contributed by atoms with Crippen LogP contribution in [0.15, 0.2) is 54.7 Å². The van der Waals surface area contributed by atoms with Crippen LogP contribution in [0.4, 0.5) is 20.2 Å². The van der Waals surface area contributed by atoms with Crippen LogP contribution >= 0.6 is 12.2 Å². The van der Waals surface area contributed by atoms with Gasteiger partial charge in [-0.3, -0.25) is 53.2 Å². The molecule has 24 heteroatoms. The summed E-state index contributed by atoms with van der Waals surface area (Å²) in [7, 11) is 0. The number of benzene rings is 2. The van der Waals surface area contributed by atoms with E-state index in [0.717, 1.165) is 29.0 Å². The third-order valence-electron chi connectivity index (χ3n) is 13.1. The van der Waals surface area contributed by atoms with E-state index in [1.165, 1.54) is 12.3 Å². The SMILES string of the molecule is N#C[C@@H]1CC(F)(F)CN1C(=O)CNC(=O)c1ccnc2c(NC(=O)CCC(=O)NCCNC(=O)C3CCC(CNC(=S)Nc4ccc(CN5CCN(CC(=O)O)CCN(CC(=O)O)CC5)cc4)CC3)cccc12. The topological polar surface area (TPSA) is 282 Å². The van der Waals surface area contributed by atoms with Crippen molar-refractivity contribution in [1.82, 2.24) is 45.9 Å². The number of carbonyl (C=O) groups excluding carboxylic acids is 5. The Bertz CT molecular complexity index is 2500. The highest BCUT2D eigenvalue weighted by Crippen LogP contribution is 2.32. The molecule has 2 aliphatic heterocycles. The second-order valence-electron chi connectivity index (χ2n) is 18.5. The molecule has 3 fully saturated rings. The van der Waals surface area contributed by atoms with Gasteiger partial charge in [0.2, 0.25) is 23.6 Å². The molecular weight excluding hydrogens is 971 g/mol. The lowest BCUT2D eigenvalue weighted by atomic mass is 9.81. The molecule has 6 rings (SSSR count). The van der Waals surface area contributed by atoms with Gasteiger partial charge in [0.05, 0.1) is 49.0 Å². The summed E-state index contributed by atoms with van der Waals surface area (Å²) < 4.78 is 27.6. The van der Waals surface area contributed by atoms with Crippen LogP contribution in [0, 0.1) is 23.2 Å². The van der Waals surface area contributed by atoms with Crippen molar-refractivity contribution in [3.8, 4) is 6.07 Å². The van der Waals surface area contributed by atoms with Gasteiger partial charge in [0.25, 0.3) is 11.8 Å². The van der Waals surface area contributed by atoms with Gasteiger partial charge in [0.15, 0.2) is 5.11 Å². The van der Waals surface area contributed by atoms with Crippen molar-refractivity contribution in [2.24, 2.45) is 11.8 Å². The van der Waals surface area contributed by atoms with Gasteiger partial charge >= 0.3 is 11.9 Å². The van der Waals surface area contributed by atoms with Gasteiger partial charge in [-0.05, 0) is 73.6 Å². The van der Waals surface area contributed by atoms with Gasteiger partial charge in [-0.15, -0.1) is 0 Å². The van der Waals surface area contributed by atoms with Crippen LogP contribution in [0.1, 0.15) is 60.9 Å². The Kier molecular flexibility index (Phi) is 20.2. The van der Waals surface area contributed by atoms with Crippen LogP contribution in [0.5, 0.6) is 0 Å². The monoisotopic (exact) mass is 1030 g/mol. The summed E-state index contributed by atoms with van der Waals surface area (Å²) >= 11 is 5.57. The molecule has 1 atom stereocenters. The quantitative estimate of drug-likeness (QED) is 0.0594.